The molecule has 1 atom stereocenters. The van der Waals surface area contributed by atoms with Crippen LogP contribution in [0.15, 0.2) is 19.7 Å². The normalized spacial score (nSPS) is 24.1. The molecule has 1 aromatic heterocycles. The van der Waals surface area contributed by atoms with E-state index in [1.54, 1.807) is 16.1 Å². The van der Waals surface area contributed by atoms with Crippen molar-refractivity contribution in [2.45, 2.75) is 24.5 Å². The van der Waals surface area contributed by atoms with Gasteiger partial charge in [0.2, 0.25) is 5.09 Å². The molecule has 5 heteroatoms. The zero-order valence-corrected chi connectivity index (χ0v) is 8.25. The largest absolute Gasteiger partial charge is 0.420 e. The van der Waals surface area contributed by atoms with E-state index in [9.17, 15) is 9.00 Å². The summed E-state index contributed by atoms with van der Waals surface area (Å²) in [6.07, 6.45) is 4.07. The summed E-state index contributed by atoms with van der Waals surface area (Å²) >= 11 is 0. The molecule has 1 aromatic rings. The van der Waals surface area contributed by atoms with E-state index in [1.807, 2.05) is 0 Å². The number of hydrogen-bond donors (Lipinski definition) is 0. The number of hydrogen-bond acceptors (Lipinski definition) is 3. The van der Waals surface area contributed by atoms with Crippen LogP contribution in [0.3, 0.4) is 0 Å². The van der Waals surface area contributed by atoms with E-state index in [0.29, 0.717) is 23.2 Å². The molecule has 1 aliphatic heterocycles. The molecule has 0 saturated heterocycles. The lowest BCUT2D eigenvalue weighted by Gasteiger charge is -1.98. The number of oxazole rings is 1. The first-order valence-electron chi connectivity index (χ1n) is 4.58. The van der Waals surface area contributed by atoms with E-state index in [2.05, 4.69) is 0 Å². The van der Waals surface area contributed by atoms with Crippen molar-refractivity contribution < 1.29 is 8.63 Å². The van der Waals surface area contributed by atoms with E-state index in [-0.39, 0.29) is 5.76 Å². The van der Waals surface area contributed by atoms with Gasteiger partial charge in [-0.15, -0.1) is 0 Å². The van der Waals surface area contributed by atoms with Crippen molar-refractivity contribution in [1.82, 2.24) is 4.57 Å². The van der Waals surface area contributed by atoms with Gasteiger partial charge in [-0.05, 0) is 24.8 Å². The Kier molecular flexibility index (Phi) is 1.58. The lowest BCUT2D eigenvalue weighted by Crippen LogP contribution is -2.16. The Morgan fingerprint density at radius 3 is 3.07 bits per heavy atom. The smallest absolute Gasteiger partial charge is 0.398 e. The third-order valence-corrected chi connectivity index (χ3v) is 3.61. The third kappa shape index (κ3) is 1.12. The fourth-order valence-corrected chi connectivity index (χ4v) is 2.53. The summed E-state index contributed by atoms with van der Waals surface area (Å²) in [5.74, 6) is 0.233. The molecule has 0 spiro atoms. The summed E-state index contributed by atoms with van der Waals surface area (Å²) in [7, 11) is -1.25. The van der Waals surface area contributed by atoms with Crippen molar-refractivity contribution in [2.24, 2.45) is 5.92 Å². The van der Waals surface area contributed by atoms with E-state index in [4.69, 9.17) is 4.42 Å². The molecule has 1 saturated carbocycles. The molecule has 0 radical (unpaired) electrons. The summed E-state index contributed by atoms with van der Waals surface area (Å²) in [5, 5.41) is 1.87. The topological polar surface area (TPSA) is 52.2 Å². The van der Waals surface area contributed by atoms with Crippen LogP contribution >= 0.6 is 0 Å². The Labute approximate surface area is 82.7 Å². The lowest BCUT2D eigenvalue weighted by molar-refractivity contribution is 0.409. The van der Waals surface area contributed by atoms with Crippen LogP contribution in [0.2, 0.25) is 0 Å². The molecule has 1 unspecified atom stereocenters. The standard InChI is InChI=1S/C9H9NO3S/c11-9-10(5-6-1-2-6)7-3-4-14(12)8(7)13-9/h3-4,6H,1-2,5H2. The van der Waals surface area contributed by atoms with Gasteiger partial charge in [-0.2, -0.15) is 0 Å². The highest BCUT2D eigenvalue weighted by atomic mass is 32.2. The minimum Gasteiger partial charge on any atom is -0.398 e. The number of nitrogens with zero attached hydrogens (tertiary/aromatic N) is 1. The lowest BCUT2D eigenvalue weighted by atomic mass is 10.4. The molecule has 3 rings (SSSR count). The van der Waals surface area contributed by atoms with Gasteiger partial charge in [0.1, 0.15) is 16.5 Å². The molecule has 2 heterocycles. The van der Waals surface area contributed by atoms with Gasteiger partial charge in [0, 0.05) is 12.0 Å². The Morgan fingerprint density at radius 1 is 1.57 bits per heavy atom. The van der Waals surface area contributed by atoms with Gasteiger partial charge in [0.05, 0.1) is 0 Å². The molecule has 0 N–H and O–H groups in total. The summed E-state index contributed by atoms with van der Waals surface area (Å²) in [4.78, 5) is 11.4. The van der Waals surface area contributed by atoms with E-state index in [1.165, 1.54) is 12.8 Å². The zero-order valence-electron chi connectivity index (χ0n) is 7.43. The number of fused-ring (bicyclic) bond motifs is 1. The van der Waals surface area contributed by atoms with Gasteiger partial charge in [-0.25, -0.2) is 9.00 Å². The SMILES string of the molecule is O=c1oc2c(n1CC1CC1)C=CS2=O. The van der Waals surface area contributed by atoms with Crippen molar-refractivity contribution in [2.75, 3.05) is 0 Å². The van der Waals surface area contributed by atoms with Crippen LogP contribution in [0.4, 0.5) is 0 Å². The zero-order chi connectivity index (χ0) is 9.71. The van der Waals surface area contributed by atoms with Crippen molar-refractivity contribution in [3.63, 3.8) is 0 Å². The maximum atomic E-state index is 11.4. The molecular formula is C9H9NO3S. The first-order valence-corrected chi connectivity index (χ1v) is 5.79. The van der Waals surface area contributed by atoms with E-state index in [0.717, 1.165) is 0 Å². The monoisotopic (exact) mass is 211 g/mol. The Morgan fingerprint density at radius 2 is 2.36 bits per heavy atom. The minimum atomic E-state index is -1.25. The molecule has 74 valence electrons. The minimum absolute atomic E-state index is 0.315. The second kappa shape index (κ2) is 2.70. The summed E-state index contributed by atoms with van der Waals surface area (Å²) < 4.78 is 17.8. The quantitative estimate of drug-likeness (QED) is 0.731. The summed E-state index contributed by atoms with van der Waals surface area (Å²) in [6.45, 7) is 0.708. The van der Waals surface area contributed by atoms with Crippen LogP contribution in [0.1, 0.15) is 18.5 Å². The molecule has 1 aliphatic carbocycles. The van der Waals surface area contributed by atoms with Crippen molar-refractivity contribution in [1.29, 1.82) is 0 Å². The second-order valence-corrected chi connectivity index (χ2v) is 4.93. The fourth-order valence-electron chi connectivity index (χ4n) is 1.62. The summed E-state index contributed by atoms with van der Waals surface area (Å²) in [6, 6.07) is 0. The maximum absolute atomic E-state index is 11.4. The van der Waals surface area contributed by atoms with Crippen LogP contribution < -0.4 is 5.76 Å². The molecule has 4 nitrogen and oxygen atoms in total. The Balaban J connectivity index is 2.10. The van der Waals surface area contributed by atoms with Gasteiger partial charge >= 0.3 is 5.76 Å². The first-order chi connectivity index (χ1) is 6.75. The van der Waals surface area contributed by atoms with Crippen molar-refractivity contribution in [3.05, 3.63) is 21.7 Å². The van der Waals surface area contributed by atoms with Crippen molar-refractivity contribution >= 4 is 16.9 Å². The molecular weight excluding hydrogens is 202 g/mol. The number of rotatable bonds is 2. The predicted molar refractivity (Wildman–Crippen MR) is 51.1 cm³/mol. The van der Waals surface area contributed by atoms with Gasteiger partial charge in [-0.1, -0.05) is 0 Å². The van der Waals surface area contributed by atoms with Gasteiger partial charge < -0.3 is 4.42 Å². The predicted octanol–water partition coefficient (Wildman–Crippen LogP) is 0.943. The highest BCUT2D eigenvalue weighted by Gasteiger charge is 2.28. The van der Waals surface area contributed by atoms with Crippen LogP contribution in [-0.2, 0) is 17.3 Å². The van der Waals surface area contributed by atoms with Crippen LogP contribution in [0.25, 0.3) is 6.08 Å². The average molecular weight is 211 g/mol. The molecule has 14 heavy (non-hydrogen) atoms. The van der Waals surface area contributed by atoms with E-state index < -0.39 is 10.8 Å². The molecule has 2 aliphatic rings. The van der Waals surface area contributed by atoms with Crippen LogP contribution in [0.5, 0.6) is 0 Å². The Bertz CT molecular complexity index is 493. The van der Waals surface area contributed by atoms with E-state index >= 15 is 0 Å². The average Bonchev–Trinajstić information content (AvgIpc) is 2.84. The van der Waals surface area contributed by atoms with Gasteiger partial charge in [0.15, 0.2) is 0 Å². The highest BCUT2D eigenvalue weighted by molar-refractivity contribution is 7.88. The van der Waals surface area contributed by atoms with Crippen molar-refractivity contribution in [3.8, 4) is 0 Å². The van der Waals surface area contributed by atoms with Gasteiger partial charge in [0.25, 0.3) is 0 Å². The molecule has 0 amide bonds. The summed E-state index contributed by atoms with van der Waals surface area (Å²) in [5.41, 5.74) is 0.695. The molecule has 0 aromatic carbocycles. The Hall–Kier alpha value is -1.10. The third-order valence-electron chi connectivity index (χ3n) is 2.57. The second-order valence-electron chi connectivity index (χ2n) is 3.69. The first kappa shape index (κ1) is 8.23. The molecule has 0 bridgehead atoms. The van der Waals surface area contributed by atoms with Crippen LogP contribution in [-0.4, -0.2) is 8.78 Å². The van der Waals surface area contributed by atoms with Gasteiger partial charge in [-0.3, -0.25) is 4.57 Å². The number of aromatic nitrogens is 1. The maximum Gasteiger partial charge on any atom is 0.420 e. The van der Waals surface area contributed by atoms with Crippen LogP contribution in [0, 0.1) is 5.92 Å². The highest BCUT2D eigenvalue weighted by Crippen LogP contribution is 2.32. The molecule has 1 fully saturated rings. The fraction of sp³-hybridized carbons (Fsp3) is 0.444.